The van der Waals surface area contributed by atoms with Crippen LogP contribution < -0.4 is 0 Å². The fourth-order valence-corrected chi connectivity index (χ4v) is 2.88. The first kappa shape index (κ1) is 14.0. The monoisotopic (exact) mass is 318 g/mol. The van der Waals surface area contributed by atoms with Gasteiger partial charge in [0.25, 0.3) is 0 Å². The van der Waals surface area contributed by atoms with Gasteiger partial charge in [-0.1, -0.05) is 6.92 Å². The van der Waals surface area contributed by atoms with Crippen LogP contribution in [0.3, 0.4) is 0 Å². The Morgan fingerprint density at radius 1 is 1.56 bits per heavy atom. The predicted octanol–water partition coefficient (Wildman–Crippen LogP) is 1.06. The van der Waals surface area contributed by atoms with E-state index >= 15 is 0 Å². The van der Waals surface area contributed by atoms with Crippen LogP contribution in [-0.4, -0.2) is 46.9 Å². The predicted molar refractivity (Wildman–Crippen MR) is 70.6 cm³/mol. The lowest BCUT2D eigenvalue weighted by Gasteiger charge is -2.27. The van der Waals surface area contributed by atoms with Crippen LogP contribution >= 0.6 is 15.9 Å². The van der Waals surface area contributed by atoms with Crippen LogP contribution in [0.25, 0.3) is 0 Å². The Morgan fingerprint density at radius 2 is 2.33 bits per heavy atom. The summed E-state index contributed by atoms with van der Waals surface area (Å²) in [6, 6.07) is 0. The standard InChI is InChI=1S/C12H19BrN2O3/c1-3-8-12(13)9(15(2)14-8)6-10(16)11-7-17-4-5-18-11/h10-11,16H,3-7H2,1-2H3. The van der Waals surface area contributed by atoms with E-state index in [1.165, 1.54) is 0 Å². The van der Waals surface area contributed by atoms with Crippen LogP contribution in [0, 0.1) is 0 Å². The van der Waals surface area contributed by atoms with Gasteiger partial charge in [-0.3, -0.25) is 4.68 Å². The summed E-state index contributed by atoms with van der Waals surface area (Å²) in [6.07, 6.45) is 0.568. The van der Waals surface area contributed by atoms with Crippen molar-refractivity contribution in [1.82, 2.24) is 9.78 Å². The Kier molecular flexibility index (Phi) is 4.77. The van der Waals surface area contributed by atoms with Crippen molar-refractivity contribution in [2.24, 2.45) is 7.05 Å². The minimum absolute atomic E-state index is 0.245. The van der Waals surface area contributed by atoms with Crippen LogP contribution in [0.4, 0.5) is 0 Å². The van der Waals surface area contributed by atoms with Crippen LogP contribution in [0.5, 0.6) is 0 Å². The highest BCUT2D eigenvalue weighted by molar-refractivity contribution is 9.10. The number of aliphatic hydroxyl groups excluding tert-OH is 1. The molecular weight excluding hydrogens is 300 g/mol. The van der Waals surface area contributed by atoms with E-state index in [4.69, 9.17) is 9.47 Å². The van der Waals surface area contributed by atoms with E-state index in [2.05, 4.69) is 28.0 Å². The van der Waals surface area contributed by atoms with Gasteiger partial charge < -0.3 is 14.6 Å². The molecule has 1 aliphatic heterocycles. The number of hydrogen-bond acceptors (Lipinski definition) is 4. The molecule has 0 bridgehead atoms. The van der Waals surface area contributed by atoms with Gasteiger partial charge >= 0.3 is 0 Å². The van der Waals surface area contributed by atoms with Crippen molar-refractivity contribution in [2.75, 3.05) is 19.8 Å². The number of aromatic nitrogens is 2. The van der Waals surface area contributed by atoms with Gasteiger partial charge in [0.15, 0.2) is 0 Å². The highest BCUT2D eigenvalue weighted by Crippen LogP contribution is 2.24. The lowest BCUT2D eigenvalue weighted by molar-refractivity contribution is -0.131. The number of aliphatic hydroxyl groups is 1. The molecule has 1 aromatic heterocycles. The highest BCUT2D eigenvalue weighted by atomic mass is 79.9. The molecule has 1 N–H and O–H groups in total. The van der Waals surface area contributed by atoms with Crippen molar-refractivity contribution in [1.29, 1.82) is 0 Å². The third kappa shape index (κ3) is 2.93. The van der Waals surface area contributed by atoms with Crippen molar-refractivity contribution >= 4 is 15.9 Å². The molecule has 2 heterocycles. The van der Waals surface area contributed by atoms with Gasteiger partial charge in [0, 0.05) is 13.5 Å². The molecule has 0 spiro atoms. The second kappa shape index (κ2) is 6.14. The molecule has 0 saturated carbocycles. The van der Waals surface area contributed by atoms with Crippen LogP contribution in [0.2, 0.25) is 0 Å². The molecule has 6 heteroatoms. The van der Waals surface area contributed by atoms with E-state index in [1.807, 2.05) is 11.7 Å². The minimum Gasteiger partial charge on any atom is -0.390 e. The van der Waals surface area contributed by atoms with E-state index in [9.17, 15) is 5.11 Å². The minimum atomic E-state index is -0.568. The number of rotatable bonds is 4. The average Bonchev–Trinajstić information content (AvgIpc) is 2.67. The lowest BCUT2D eigenvalue weighted by atomic mass is 10.1. The molecule has 18 heavy (non-hydrogen) atoms. The van der Waals surface area contributed by atoms with E-state index in [1.54, 1.807) is 0 Å². The Bertz CT molecular complexity index is 402. The van der Waals surface area contributed by atoms with E-state index in [0.717, 1.165) is 22.3 Å². The molecule has 1 aliphatic rings. The maximum atomic E-state index is 10.2. The molecule has 0 radical (unpaired) electrons. The first-order chi connectivity index (χ1) is 8.63. The van der Waals surface area contributed by atoms with E-state index < -0.39 is 6.10 Å². The summed E-state index contributed by atoms with van der Waals surface area (Å²) in [7, 11) is 1.89. The maximum absolute atomic E-state index is 10.2. The van der Waals surface area contributed by atoms with Gasteiger partial charge in [0.1, 0.15) is 6.10 Å². The summed E-state index contributed by atoms with van der Waals surface area (Å²) in [4.78, 5) is 0. The van der Waals surface area contributed by atoms with Gasteiger partial charge in [0.05, 0.1) is 41.8 Å². The fourth-order valence-electron chi connectivity index (χ4n) is 2.10. The zero-order valence-electron chi connectivity index (χ0n) is 10.7. The molecule has 0 aliphatic carbocycles. The largest absolute Gasteiger partial charge is 0.390 e. The Balaban J connectivity index is 2.06. The molecule has 2 rings (SSSR count). The molecule has 1 fully saturated rings. The smallest absolute Gasteiger partial charge is 0.107 e. The number of ether oxygens (including phenoxy) is 2. The number of hydrogen-bond donors (Lipinski definition) is 1. The van der Waals surface area contributed by atoms with Gasteiger partial charge in [-0.15, -0.1) is 0 Å². The second-order valence-electron chi connectivity index (χ2n) is 4.44. The van der Waals surface area contributed by atoms with Gasteiger partial charge in [-0.05, 0) is 22.4 Å². The summed E-state index contributed by atoms with van der Waals surface area (Å²) in [5.41, 5.74) is 2.01. The molecule has 0 aromatic carbocycles. The maximum Gasteiger partial charge on any atom is 0.107 e. The SMILES string of the molecule is CCc1nn(C)c(CC(O)C2COCCO2)c1Br. The average molecular weight is 319 g/mol. The quantitative estimate of drug-likeness (QED) is 0.902. The number of aryl methyl sites for hydroxylation is 2. The van der Waals surface area contributed by atoms with Crippen molar-refractivity contribution < 1.29 is 14.6 Å². The van der Waals surface area contributed by atoms with Gasteiger partial charge in [-0.25, -0.2) is 0 Å². The Morgan fingerprint density at radius 3 is 2.89 bits per heavy atom. The highest BCUT2D eigenvalue weighted by Gasteiger charge is 2.26. The summed E-state index contributed by atoms with van der Waals surface area (Å²) < 4.78 is 13.6. The topological polar surface area (TPSA) is 56.5 Å². The molecule has 1 saturated heterocycles. The molecule has 5 nitrogen and oxygen atoms in total. The first-order valence-electron chi connectivity index (χ1n) is 6.21. The molecule has 0 amide bonds. The summed E-state index contributed by atoms with van der Waals surface area (Å²) in [5, 5.41) is 14.6. The third-order valence-electron chi connectivity index (χ3n) is 3.18. The van der Waals surface area contributed by atoms with Gasteiger partial charge in [-0.2, -0.15) is 5.10 Å². The molecule has 2 unspecified atom stereocenters. The zero-order chi connectivity index (χ0) is 13.1. The van der Waals surface area contributed by atoms with E-state index in [0.29, 0.717) is 26.2 Å². The lowest BCUT2D eigenvalue weighted by Crippen LogP contribution is -2.39. The van der Waals surface area contributed by atoms with E-state index in [-0.39, 0.29) is 6.10 Å². The summed E-state index contributed by atoms with van der Waals surface area (Å²) in [5.74, 6) is 0. The second-order valence-corrected chi connectivity index (χ2v) is 5.23. The van der Waals surface area contributed by atoms with Crippen LogP contribution in [0.15, 0.2) is 4.47 Å². The van der Waals surface area contributed by atoms with Crippen molar-refractivity contribution in [2.45, 2.75) is 32.0 Å². The van der Waals surface area contributed by atoms with Crippen LogP contribution in [0.1, 0.15) is 18.3 Å². The number of halogens is 1. The Labute approximate surface area is 115 Å². The molecule has 1 aromatic rings. The molecule has 102 valence electrons. The Hall–Kier alpha value is -0.430. The molecule has 2 atom stereocenters. The van der Waals surface area contributed by atoms with Gasteiger partial charge in [0.2, 0.25) is 0 Å². The van der Waals surface area contributed by atoms with Crippen LogP contribution in [-0.2, 0) is 29.4 Å². The van der Waals surface area contributed by atoms with Crippen molar-refractivity contribution in [3.05, 3.63) is 15.9 Å². The summed E-state index contributed by atoms with van der Waals surface area (Å²) in [6.45, 7) is 3.68. The third-order valence-corrected chi connectivity index (χ3v) is 4.09. The summed E-state index contributed by atoms with van der Waals surface area (Å²) >= 11 is 3.55. The first-order valence-corrected chi connectivity index (χ1v) is 7.00. The normalized spacial score (nSPS) is 22.1. The fraction of sp³-hybridized carbons (Fsp3) is 0.750. The molecular formula is C12H19BrN2O3. The zero-order valence-corrected chi connectivity index (χ0v) is 12.3. The van der Waals surface area contributed by atoms with Crippen molar-refractivity contribution in [3.8, 4) is 0 Å². The number of nitrogens with zero attached hydrogens (tertiary/aromatic N) is 2. The van der Waals surface area contributed by atoms with Crippen molar-refractivity contribution in [3.63, 3.8) is 0 Å².